The molecule has 1 radical (unpaired) electrons. The van der Waals surface area contributed by atoms with Crippen LogP contribution in [-0.2, 0) is 30.9 Å². The van der Waals surface area contributed by atoms with Crippen molar-refractivity contribution in [2.24, 2.45) is 0 Å². The summed E-state index contributed by atoms with van der Waals surface area (Å²) >= 11 is 0. The van der Waals surface area contributed by atoms with E-state index in [1.54, 1.807) is 0 Å². The van der Waals surface area contributed by atoms with Crippen LogP contribution in [0.5, 0.6) is 0 Å². The summed E-state index contributed by atoms with van der Waals surface area (Å²) in [6, 6.07) is 14.7. The summed E-state index contributed by atoms with van der Waals surface area (Å²) in [6.45, 7) is 8.42. The van der Waals surface area contributed by atoms with Crippen molar-refractivity contribution in [3.05, 3.63) is 56.2 Å². The van der Waals surface area contributed by atoms with Gasteiger partial charge in [-0.2, -0.15) is 17.5 Å². The zero-order chi connectivity index (χ0) is 16.6. The van der Waals surface area contributed by atoms with E-state index in [9.17, 15) is 0 Å². The summed E-state index contributed by atoms with van der Waals surface area (Å²) in [4.78, 5) is 2.24. The average molecular weight is 396 g/mol. The maximum atomic E-state index is 8.52. The Bertz CT molecular complexity index is 415. The monoisotopic (exact) mass is 394 g/mol. The topological polar surface area (TPSA) is 32.7 Å². The molecule has 0 aliphatic heterocycles. The van der Waals surface area contributed by atoms with E-state index in [2.05, 4.69) is 73.1 Å². The molecule has 0 aliphatic rings. The fourth-order valence-corrected chi connectivity index (χ4v) is 2.11. The first kappa shape index (κ1) is 24.8. The maximum absolute atomic E-state index is 8.52. The van der Waals surface area contributed by atoms with Crippen LogP contribution in [-0.4, -0.2) is 36.8 Å². The molecule has 0 bridgehead atoms. The predicted molar refractivity (Wildman–Crippen MR) is 95.2 cm³/mol. The molecule has 0 atom stereocenters. The Labute approximate surface area is 161 Å². The van der Waals surface area contributed by atoms with Crippen LogP contribution >= 0.6 is 0 Å². The number of rotatable bonds is 6. The van der Waals surface area contributed by atoms with Crippen molar-refractivity contribution in [1.82, 2.24) is 4.90 Å². The van der Waals surface area contributed by atoms with Gasteiger partial charge < -0.3 is 14.7 Å². The van der Waals surface area contributed by atoms with Crippen LogP contribution in [0.3, 0.4) is 0 Å². The molecule has 0 spiro atoms. The molecule has 0 saturated carbocycles. The standard InChI is InChI=1S/C9H7.C8H18NO.C2H5O.Zr/c1-2-5-9-7-3-6-8(9)4-1;1-3-5-9(6-4-2)7-8-10;1-3-2;/h1-7H;8,10H,3-7H2,1-2H3;1H2,2H3;/q3*-1;+3. The smallest absolute Gasteiger partial charge is 0.565 e. The summed E-state index contributed by atoms with van der Waals surface area (Å²) in [5.41, 5.74) is 0. The number of aliphatic hydroxyl groups excluding tert-OH is 1. The predicted octanol–water partition coefficient (Wildman–Crippen LogP) is 4.62. The van der Waals surface area contributed by atoms with E-state index in [4.69, 9.17) is 5.11 Å². The second-order valence-electron chi connectivity index (χ2n) is 4.93. The van der Waals surface area contributed by atoms with Gasteiger partial charge in [-0.25, -0.2) is 13.7 Å². The number of aliphatic hydroxyl groups is 1. The molecule has 1 N–H and O–H groups in total. The summed E-state index contributed by atoms with van der Waals surface area (Å²) < 4.78 is 4.00. The summed E-state index contributed by atoms with van der Waals surface area (Å²) in [7, 11) is 4.50. The molecule has 23 heavy (non-hydrogen) atoms. The molecule has 127 valence electrons. The number of ether oxygens (including phenoxy) is 1. The largest absolute Gasteiger partial charge is 3.00 e. The van der Waals surface area contributed by atoms with E-state index in [1.165, 1.54) is 24.5 Å². The van der Waals surface area contributed by atoms with Crippen LogP contribution in [0.15, 0.2) is 42.5 Å². The SMILES string of the molecule is CCCN(C[CH-]O)CCC.[CH2-]OC.[Zr+3].c1ccc2[cH-]ccc2c1. The van der Waals surface area contributed by atoms with E-state index < -0.39 is 0 Å². The minimum absolute atomic E-state index is 0. The number of fused-ring (bicyclic) bond motifs is 1. The third kappa shape index (κ3) is 12.7. The Hall–Kier alpha value is -0.407. The molecule has 0 aromatic heterocycles. The van der Waals surface area contributed by atoms with E-state index in [1.807, 2.05) is 0 Å². The van der Waals surface area contributed by atoms with E-state index in [0.29, 0.717) is 6.54 Å². The average Bonchev–Trinajstić information content (AvgIpc) is 2.98. The third-order valence-electron chi connectivity index (χ3n) is 2.97. The van der Waals surface area contributed by atoms with Gasteiger partial charge in [0.1, 0.15) is 0 Å². The van der Waals surface area contributed by atoms with Gasteiger partial charge in [0.05, 0.1) is 0 Å². The van der Waals surface area contributed by atoms with Gasteiger partial charge in [-0.05, 0) is 33.0 Å². The summed E-state index contributed by atoms with van der Waals surface area (Å²) in [6.07, 6.45) is 2.32. The molecule has 0 heterocycles. The fourth-order valence-electron chi connectivity index (χ4n) is 2.11. The van der Waals surface area contributed by atoms with Crippen LogP contribution in [0.1, 0.15) is 26.7 Å². The van der Waals surface area contributed by atoms with Crippen molar-refractivity contribution in [2.75, 3.05) is 26.7 Å². The Morgan fingerprint density at radius 1 is 1.17 bits per heavy atom. The Morgan fingerprint density at radius 2 is 1.74 bits per heavy atom. The molecule has 2 aromatic rings. The zero-order valence-corrected chi connectivity index (χ0v) is 17.1. The number of hydrogen-bond acceptors (Lipinski definition) is 3. The Balaban J connectivity index is 0. The fraction of sp³-hybridized carbons (Fsp3) is 0.421. The molecule has 4 heteroatoms. The van der Waals surface area contributed by atoms with Crippen LogP contribution in [0.2, 0.25) is 0 Å². The summed E-state index contributed by atoms with van der Waals surface area (Å²) in [5, 5.41) is 11.2. The molecular weight excluding hydrogens is 365 g/mol. The van der Waals surface area contributed by atoms with Crippen LogP contribution in [0.25, 0.3) is 10.8 Å². The molecule has 0 saturated heterocycles. The van der Waals surface area contributed by atoms with Crippen molar-refractivity contribution < 1.29 is 36.0 Å². The van der Waals surface area contributed by atoms with Crippen molar-refractivity contribution >= 4 is 10.8 Å². The second-order valence-corrected chi connectivity index (χ2v) is 4.93. The van der Waals surface area contributed by atoms with Crippen LogP contribution in [0, 0.1) is 13.7 Å². The number of methoxy groups -OCH3 is 1. The van der Waals surface area contributed by atoms with Gasteiger partial charge in [-0.3, -0.25) is 0 Å². The number of benzene rings is 1. The van der Waals surface area contributed by atoms with Gasteiger partial charge in [0, 0.05) is 0 Å². The van der Waals surface area contributed by atoms with Gasteiger partial charge in [0.25, 0.3) is 0 Å². The first-order chi connectivity index (χ1) is 10.7. The van der Waals surface area contributed by atoms with Gasteiger partial charge in [0.15, 0.2) is 0 Å². The quantitative estimate of drug-likeness (QED) is 0.724. The summed E-state index contributed by atoms with van der Waals surface area (Å²) in [5.74, 6) is 0. The molecule has 3 nitrogen and oxygen atoms in total. The molecule has 0 unspecified atom stereocenters. The van der Waals surface area contributed by atoms with Crippen molar-refractivity contribution in [3.8, 4) is 0 Å². The molecule has 0 amide bonds. The van der Waals surface area contributed by atoms with Crippen molar-refractivity contribution in [1.29, 1.82) is 0 Å². The second kappa shape index (κ2) is 17.9. The Kier molecular flexibility index (Phi) is 19.4. The zero-order valence-electron chi connectivity index (χ0n) is 14.7. The molecule has 0 aliphatic carbocycles. The van der Waals surface area contributed by atoms with Crippen LogP contribution in [0.4, 0.5) is 0 Å². The first-order valence-corrected chi connectivity index (χ1v) is 7.80. The van der Waals surface area contributed by atoms with Crippen molar-refractivity contribution in [2.45, 2.75) is 26.7 Å². The molecule has 0 fully saturated rings. The third-order valence-corrected chi connectivity index (χ3v) is 2.97. The minimum Gasteiger partial charge on any atom is -0.565 e. The van der Waals surface area contributed by atoms with Gasteiger partial charge in [-0.1, -0.05) is 19.9 Å². The van der Waals surface area contributed by atoms with E-state index in [0.717, 1.165) is 25.9 Å². The number of hydrogen-bond donors (Lipinski definition) is 1. The molecule has 2 rings (SSSR count). The molecule has 2 aromatic carbocycles. The Morgan fingerprint density at radius 3 is 2.22 bits per heavy atom. The number of nitrogens with zero attached hydrogens (tertiary/aromatic N) is 1. The van der Waals surface area contributed by atoms with E-state index in [-0.39, 0.29) is 26.2 Å². The molecular formula is C19H30NO2Zr. The normalized spacial score (nSPS) is 9.48. The van der Waals surface area contributed by atoms with Gasteiger partial charge >= 0.3 is 26.2 Å². The van der Waals surface area contributed by atoms with Gasteiger partial charge in [-0.15, -0.1) is 36.2 Å². The minimum atomic E-state index is 0. The van der Waals surface area contributed by atoms with Crippen LogP contribution < -0.4 is 0 Å². The van der Waals surface area contributed by atoms with E-state index >= 15 is 0 Å². The first-order valence-electron chi connectivity index (χ1n) is 7.80. The van der Waals surface area contributed by atoms with Gasteiger partial charge in [0.2, 0.25) is 0 Å². The maximum Gasteiger partial charge on any atom is 3.00 e. The van der Waals surface area contributed by atoms with Crippen molar-refractivity contribution in [3.63, 3.8) is 0 Å².